The van der Waals surface area contributed by atoms with Gasteiger partial charge in [-0.2, -0.15) is 0 Å². The highest BCUT2D eigenvalue weighted by Crippen LogP contribution is 2.19. The highest BCUT2D eigenvalue weighted by atomic mass is 16.3. The van der Waals surface area contributed by atoms with Gasteiger partial charge >= 0.3 is 0 Å². The first kappa shape index (κ1) is 9.84. The molecule has 3 rings (SSSR count). The zero-order chi connectivity index (χ0) is 11.8. The van der Waals surface area contributed by atoms with Crippen LogP contribution in [0, 0.1) is 6.92 Å². The van der Waals surface area contributed by atoms with Gasteiger partial charge in [-0.25, -0.2) is 9.97 Å². The van der Waals surface area contributed by atoms with Gasteiger partial charge in [-0.15, -0.1) is 0 Å². The number of fused-ring (bicyclic) bond motifs is 1. The minimum Gasteiger partial charge on any atom is -0.493 e. The van der Waals surface area contributed by atoms with Crippen LogP contribution in [0.15, 0.2) is 42.9 Å². The van der Waals surface area contributed by atoms with Crippen molar-refractivity contribution in [3.8, 4) is 11.6 Å². The first-order valence-corrected chi connectivity index (χ1v) is 5.33. The Morgan fingerprint density at radius 1 is 1.18 bits per heavy atom. The van der Waals surface area contributed by atoms with Gasteiger partial charge in [0.25, 0.3) is 0 Å². The molecular weight excluding hydrogens is 214 g/mol. The Balaban J connectivity index is 2.16. The van der Waals surface area contributed by atoms with Crippen LogP contribution in [-0.4, -0.2) is 19.6 Å². The van der Waals surface area contributed by atoms with E-state index in [0.29, 0.717) is 0 Å². The van der Waals surface area contributed by atoms with Crippen molar-refractivity contribution in [3.63, 3.8) is 0 Å². The number of aromatic hydroxyl groups is 1. The van der Waals surface area contributed by atoms with Gasteiger partial charge in [-0.1, -0.05) is 0 Å². The second kappa shape index (κ2) is 3.59. The smallest absolute Gasteiger partial charge is 0.211 e. The summed E-state index contributed by atoms with van der Waals surface area (Å²) in [6.45, 7) is 1.96. The highest BCUT2D eigenvalue weighted by molar-refractivity contribution is 5.81. The van der Waals surface area contributed by atoms with Crippen LogP contribution in [0.25, 0.3) is 16.6 Å². The monoisotopic (exact) mass is 225 g/mol. The van der Waals surface area contributed by atoms with Gasteiger partial charge in [0.05, 0.1) is 17.5 Å². The number of aromatic nitrogens is 3. The molecule has 0 unspecified atom stereocenters. The molecule has 17 heavy (non-hydrogen) atoms. The molecule has 0 atom stereocenters. The second-order valence-corrected chi connectivity index (χ2v) is 3.97. The van der Waals surface area contributed by atoms with E-state index in [0.717, 1.165) is 22.3 Å². The second-order valence-electron chi connectivity index (χ2n) is 3.97. The Kier molecular flexibility index (Phi) is 2.08. The van der Waals surface area contributed by atoms with Crippen LogP contribution in [0.5, 0.6) is 5.88 Å². The minimum absolute atomic E-state index is 0.0451. The average Bonchev–Trinajstić information content (AvgIpc) is 2.75. The van der Waals surface area contributed by atoms with Gasteiger partial charge in [-0.3, -0.25) is 0 Å². The highest BCUT2D eigenvalue weighted by Gasteiger charge is 2.01. The van der Waals surface area contributed by atoms with E-state index in [1.165, 1.54) is 0 Å². The summed E-state index contributed by atoms with van der Waals surface area (Å²) >= 11 is 0. The zero-order valence-corrected chi connectivity index (χ0v) is 9.33. The molecule has 0 radical (unpaired) electrons. The van der Waals surface area contributed by atoms with Crippen molar-refractivity contribution in [3.05, 3.63) is 48.5 Å². The lowest BCUT2D eigenvalue weighted by atomic mass is 10.2. The lowest BCUT2D eigenvalue weighted by molar-refractivity contribution is 0.456. The number of aryl methyl sites for hydroxylation is 1. The van der Waals surface area contributed by atoms with Crippen molar-refractivity contribution in [2.45, 2.75) is 6.92 Å². The van der Waals surface area contributed by atoms with E-state index in [1.807, 2.05) is 42.0 Å². The van der Waals surface area contributed by atoms with Crippen LogP contribution < -0.4 is 0 Å². The third kappa shape index (κ3) is 1.73. The molecule has 4 heteroatoms. The minimum atomic E-state index is 0.0451. The standard InChI is InChI=1S/C13H11N3O/c1-9-7-16(8-14-9)11-3-4-12-10(6-11)2-5-13(17)15-12/h2-8H,1H3,(H,15,17). The van der Waals surface area contributed by atoms with E-state index < -0.39 is 0 Å². The number of imidazole rings is 1. The molecule has 0 bridgehead atoms. The van der Waals surface area contributed by atoms with E-state index in [4.69, 9.17) is 0 Å². The summed E-state index contributed by atoms with van der Waals surface area (Å²) < 4.78 is 1.96. The molecule has 1 N–H and O–H groups in total. The van der Waals surface area contributed by atoms with Crippen molar-refractivity contribution in [2.24, 2.45) is 0 Å². The number of hydrogen-bond acceptors (Lipinski definition) is 3. The van der Waals surface area contributed by atoms with E-state index in [2.05, 4.69) is 9.97 Å². The van der Waals surface area contributed by atoms with Crippen molar-refractivity contribution in [1.29, 1.82) is 0 Å². The van der Waals surface area contributed by atoms with Crippen molar-refractivity contribution < 1.29 is 5.11 Å². The Labute approximate surface area is 98.2 Å². The van der Waals surface area contributed by atoms with Gasteiger partial charge in [-0.05, 0) is 31.2 Å². The van der Waals surface area contributed by atoms with E-state index in [9.17, 15) is 5.11 Å². The van der Waals surface area contributed by atoms with Gasteiger partial charge in [0, 0.05) is 23.3 Å². The number of rotatable bonds is 1. The topological polar surface area (TPSA) is 50.9 Å². The van der Waals surface area contributed by atoms with Gasteiger partial charge in [0.1, 0.15) is 0 Å². The number of pyridine rings is 1. The molecule has 2 aromatic heterocycles. The van der Waals surface area contributed by atoms with Crippen LogP contribution >= 0.6 is 0 Å². The van der Waals surface area contributed by atoms with Crippen LogP contribution in [-0.2, 0) is 0 Å². The molecule has 4 nitrogen and oxygen atoms in total. The van der Waals surface area contributed by atoms with E-state index >= 15 is 0 Å². The number of nitrogens with zero attached hydrogens (tertiary/aromatic N) is 3. The fourth-order valence-electron chi connectivity index (χ4n) is 1.83. The fourth-order valence-corrected chi connectivity index (χ4v) is 1.83. The van der Waals surface area contributed by atoms with Crippen LogP contribution in [0.1, 0.15) is 5.69 Å². The van der Waals surface area contributed by atoms with Crippen LogP contribution in [0.2, 0.25) is 0 Å². The Morgan fingerprint density at radius 2 is 2.06 bits per heavy atom. The molecule has 0 fully saturated rings. The molecule has 3 aromatic rings. The summed E-state index contributed by atoms with van der Waals surface area (Å²) in [7, 11) is 0. The van der Waals surface area contributed by atoms with Crippen LogP contribution in [0.4, 0.5) is 0 Å². The fraction of sp³-hybridized carbons (Fsp3) is 0.0769. The number of benzene rings is 1. The first-order chi connectivity index (χ1) is 8.22. The predicted octanol–water partition coefficient (Wildman–Crippen LogP) is 2.43. The van der Waals surface area contributed by atoms with Crippen LogP contribution in [0.3, 0.4) is 0 Å². The summed E-state index contributed by atoms with van der Waals surface area (Å²) in [6, 6.07) is 9.30. The Bertz CT molecular complexity index is 688. The predicted molar refractivity (Wildman–Crippen MR) is 65.3 cm³/mol. The maximum Gasteiger partial charge on any atom is 0.211 e. The Morgan fingerprint density at radius 3 is 2.82 bits per heavy atom. The quantitative estimate of drug-likeness (QED) is 0.692. The molecule has 0 saturated heterocycles. The maximum atomic E-state index is 9.29. The molecule has 2 heterocycles. The molecule has 1 aromatic carbocycles. The molecule has 0 aliphatic carbocycles. The Hall–Kier alpha value is -2.36. The SMILES string of the molecule is Cc1cn(-c2ccc3nc(O)ccc3c2)cn1. The molecule has 84 valence electrons. The molecule has 0 spiro atoms. The lowest BCUT2D eigenvalue weighted by Gasteiger charge is -2.04. The van der Waals surface area contributed by atoms with E-state index in [1.54, 1.807) is 12.4 Å². The summed E-state index contributed by atoms with van der Waals surface area (Å²) in [5.74, 6) is 0.0451. The molecular formula is C13H11N3O. The van der Waals surface area contributed by atoms with E-state index in [-0.39, 0.29) is 5.88 Å². The van der Waals surface area contributed by atoms with Gasteiger partial charge in [0.15, 0.2) is 0 Å². The molecule has 0 aliphatic rings. The molecule has 0 saturated carbocycles. The molecule has 0 aliphatic heterocycles. The summed E-state index contributed by atoms with van der Waals surface area (Å²) in [5, 5.41) is 10.3. The largest absolute Gasteiger partial charge is 0.493 e. The van der Waals surface area contributed by atoms with Crippen molar-refractivity contribution in [1.82, 2.24) is 14.5 Å². The van der Waals surface area contributed by atoms with Crippen molar-refractivity contribution in [2.75, 3.05) is 0 Å². The average molecular weight is 225 g/mol. The first-order valence-electron chi connectivity index (χ1n) is 5.33. The summed E-state index contributed by atoms with van der Waals surface area (Å²) in [6.07, 6.45) is 3.75. The lowest BCUT2D eigenvalue weighted by Crippen LogP contribution is -1.90. The summed E-state index contributed by atoms with van der Waals surface area (Å²) in [4.78, 5) is 8.24. The normalized spacial score (nSPS) is 10.9. The maximum absolute atomic E-state index is 9.29. The van der Waals surface area contributed by atoms with Gasteiger partial charge < -0.3 is 9.67 Å². The number of hydrogen-bond donors (Lipinski definition) is 1. The van der Waals surface area contributed by atoms with Gasteiger partial charge in [0.2, 0.25) is 5.88 Å². The summed E-state index contributed by atoms with van der Waals surface area (Å²) in [5.41, 5.74) is 2.80. The van der Waals surface area contributed by atoms with Crippen molar-refractivity contribution >= 4 is 10.9 Å². The third-order valence-electron chi connectivity index (χ3n) is 2.67. The molecule has 0 amide bonds. The zero-order valence-electron chi connectivity index (χ0n) is 9.33. The third-order valence-corrected chi connectivity index (χ3v) is 2.67.